The van der Waals surface area contributed by atoms with Gasteiger partial charge in [-0.15, -0.1) is 12.4 Å². The van der Waals surface area contributed by atoms with Gasteiger partial charge in [-0.3, -0.25) is 4.79 Å². The Morgan fingerprint density at radius 2 is 1.95 bits per heavy atom. The Morgan fingerprint density at radius 3 is 2.50 bits per heavy atom. The van der Waals surface area contributed by atoms with E-state index in [-0.39, 0.29) is 30.5 Å². The summed E-state index contributed by atoms with van der Waals surface area (Å²) in [6.45, 7) is 5.93. The highest BCUT2D eigenvalue weighted by Gasteiger charge is 2.30. The summed E-state index contributed by atoms with van der Waals surface area (Å²) in [5, 5.41) is 0. The largest absolute Gasteiger partial charge is 0.376 e. The van der Waals surface area contributed by atoms with E-state index in [1.807, 2.05) is 6.92 Å². The number of carbonyl (C=O) groups is 1. The molecule has 0 aromatic rings. The van der Waals surface area contributed by atoms with Crippen molar-refractivity contribution in [2.75, 3.05) is 13.2 Å². The zero-order valence-corrected chi connectivity index (χ0v) is 14.9. The van der Waals surface area contributed by atoms with Crippen LogP contribution in [0.5, 0.6) is 0 Å². The second-order valence-corrected chi connectivity index (χ2v) is 7.11. The van der Waals surface area contributed by atoms with Gasteiger partial charge in [-0.1, -0.05) is 6.92 Å². The summed E-state index contributed by atoms with van der Waals surface area (Å²) in [5.41, 5.74) is 5.81. The van der Waals surface area contributed by atoms with Crippen molar-refractivity contribution < 1.29 is 9.53 Å². The molecule has 1 saturated heterocycles. The van der Waals surface area contributed by atoms with Crippen LogP contribution in [0.1, 0.15) is 65.2 Å². The summed E-state index contributed by atoms with van der Waals surface area (Å²) in [6.07, 6.45) is 8.63. The second kappa shape index (κ2) is 9.74. The van der Waals surface area contributed by atoms with E-state index in [0.717, 1.165) is 51.2 Å². The van der Waals surface area contributed by atoms with Crippen molar-refractivity contribution in [2.24, 2.45) is 11.7 Å². The predicted molar refractivity (Wildman–Crippen MR) is 92.2 cm³/mol. The molecule has 0 aromatic carbocycles. The minimum absolute atomic E-state index is 0. The van der Waals surface area contributed by atoms with Crippen molar-refractivity contribution >= 4 is 18.3 Å². The predicted octanol–water partition coefficient (Wildman–Crippen LogP) is 3.12. The van der Waals surface area contributed by atoms with E-state index in [2.05, 4.69) is 11.8 Å². The smallest absolute Gasteiger partial charge is 0.222 e. The lowest BCUT2D eigenvalue weighted by Crippen LogP contribution is -2.46. The molecule has 1 aliphatic carbocycles. The fourth-order valence-corrected chi connectivity index (χ4v) is 3.51. The average Bonchev–Trinajstić information content (AvgIpc) is 2.96. The van der Waals surface area contributed by atoms with Crippen LogP contribution in [0.2, 0.25) is 0 Å². The van der Waals surface area contributed by atoms with Gasteiger partial charge < -0.3 is 15.4 Å². The average molecular weight is 333 g/mol. The van der Waals surface area contributed by atoms with Crippen LogP contribution in [0.3, 0.4) is 0 Å². The first-order valence-corrected chi connectivity index (χ1v) is 8.73. The zero-order valence-electron chi connectivity index (χ0n) is 14.1. The van der Waals surface area contributed by atoms with Gasteiger partial charge in [0, 0.05) is 31.7 Å². The highest BCUT2D eigenvalue weighted by atomic mass is 35.5. The van der Waals surface area contributed by atoms with Crippen molar-refractivity contribution in [3.8, 4) is 0 Å². The van der Waals surface area contributed by atoms with Crippen LogP contribution in [0.4, 0.5) is 0 Å². The van der Waals surface area contributed by atoms with Gasteiger partial charge in [-0.25, -0.2) is 0 Å². The molecule has 2 aliphatic rings. The summed E-state index contributed by atoms with van der Waals surface area (Å²) in [4.78, 5) is 14.8. The lowest BCUT2D eigenvalue weighted by atomic mass is 9.86. The van der Waals surface area contributed by atoms with Crippen LogP contribution in [-0.4, -0.2) is 42.1 Å². The van der Waals surface area contributed by atoms with Crippen LogP contribution in [0.15, 0.2) is 0 Å². The first-order chi connectivity index (χ1) is 10.1. The number of halogens is 1. The van der Waals surface area contributed by atoms with Crippen LogP contribution in [0, 0.1) is 5.92 Å². The van der Waals surface area contributed by atoms with Gasteiger partial charge in [0.15, 0.2) is 0 Å². The van der Waals surface area contributed by atoms with E-state index < -0.39 is 0 Å². The third-order valence-electron chi connectivity index (χ3n) is 4.98. The SMILES string of the molecule is CC(N)CCC(=O)N(CC1CCCO1)C1CCC(C)CC1.Cl. The second-order valence-electron chi connectivity index (χ2n) is 7.11. The monoisotopic (exact) mass is 332 g/mol. The van der Waals surface area contributed by atoms with Gasteiger partial charge in [0.2, 0.25) is 5.91 Å². The molecule has 0 spiro atoms. The van der Waals surface area contributed by atoms with Gasteiger partial charge in [-0.2, -0.15) is 0 Å². The molecular weight excluding hydrogens is 300 g/mol. The molecule has 0 aromatic heterocycles. The molecule has 5 heteroatoms. The van der Waals surface area contributed by atoms with Crippen LogP contribution < -0.4 is 5.73 Å². The molecule has 1 saturated carbocycles. The highest BCUT2D eigenvalue weighted by Crippen LogP contribution is 2.28. The van der Waals surface area contributed by atoms with Crippen LogP contribution in [-0.2, 0) is 9.53 Å². The molecule has 1 heterocycles. The molecule has 2 rings (SSSR count). The summed E-state index contributed by atoms with van der Waals surface area (Å²) >= 11 is 0. The summed E-state index contributed by atoms with van der Waals surface area (Å²) in [6, 6.07) is 0.524. The summed E-state index contributed by atoms with van der Waals surface area (Å²) in [7, 11) is 0. The molecular formula is C17H33ClN2O2. The Bertz CT molecular complexity index is 325. The summed E-state index contributed by atoms with van der Waals surface area (Å²) < 4.78 is 5.75. The first-order valence-electron chi connectivity index (χ1n) is 8.73. The fraction of sp³-hybridized carbons (Fsp3) is 0.941. The first kappa shape index (κ1) is 19.7. The Hall–Kier alpha value is -0.320. The van der Waals surface area contributed by atoms with E-state index in [1.54, 1.807) is 0 Å². The Morgan fingerprint density at radius 1 is 1.27 bits per heavy atom. The van der Waals surface area contributed by atoms with Crippen molar-refractivity contribution in [2.45, 2.75) is 83.4 Å². The number of nitrogens with two attached hydrogens (primary N) is 1. The van der Waals surface area contributed by atoms with Crippen molar-refractivity contribution in [1.82, 2.24) is 4.90 Å². The minimum Gasteiger partial charge on any atom is -0.376 e. The van der Waals surface area contributed by atoms with Gasteiger partial charge in [0.05, 0.1) is 6.10 Å². The van der Waals surface area contributed by atoms with Crippen molar-refractivity contribution in [1.29, 1.82) is 0 Å². The quantitative estimate of drug-likeness (QED) is 0.813. The zero-order chi connectivity index (χ0) is 15.2. The van der Waals surface area contributed by atoms with Gasteiger partial charge in [-0.05, 0) is 57.8 Å². The van der Waals surface area contributed by atoms with E-state index in [4.69, 9.17) is 10.5 Å². The van der Waals surface area contributed by atoms with Crippen LogP contribution >= 0.6 is 12.4 Å². The molecule has 22 heavy (non-hydrogen) atoms. The lowest BCUT2D eigenvalue weighted by Gasteiger charge is -2.37. The number of amides is 1. The maximum absolute atomic E-state index is 12.6. The maximum Gasteiger partial charge on any atom is 0.222 e. The number of nitrogens with zero attached hydrogens (tertiary/aromatic N) is 1. The molecule has 2 unspecified atom stereocenters. The molecule has 2 atom stereocenters. The van der Waals surface area contributed by atoms with E-state index in [9.17, 15) is 4.79 Å². The molecule has 1 aliphatic heterocycles. The number of rotatable bonds is 6. The molecule has 1 amide bonds. The minimum atomic E-state index is 0. The Balaban J connectivity index is 0.00000242. The van der Waals surface area contributed by atoms with Gasteiger partial charge >= 0.3 is 0 Å². The third kappa shape index (κ3) is 6.05. The molecule has 0 bridgehead atoms. The van der Waals surface area contributed by atoms with Crippen LogP contribution in [0.25, 0.3) is 0 Å². The van der Waals surface area contributed by atoms with Gasteiger partial charge in [0.1, 0.15) is 0 Å². The molecule has 130 valence electrons. The number of ether oxygens (including phenoxy) is 1. The molecule has 2 fully saturated rings. The van der Waals surface area contributed by atoms with Crippen molar-refractivity contribution in [3.05, 3.63) is 0 Å². The fourth-order valence-electron chi connectivity index (χ4n) is 3.51. The topological polar surface area (TPSA) is 55.6 Å². The normalized spacial score (nSPS) is 29.7. The molecule has 0 radical (unpaired) electrons. The number of carbonyl (C=O) groups excluding carboxylic acids is 1. The third-order valence-corrected chi connectivity index (χ3v) is 4.98. The van der Waals surface area contributed by atoms with Gasteiger partial charge in [0.25, 0.3) is 0 Å². The van der Waals surface area contributed by atoms with Crippen molar-refractivity contribution in [3.63, 3.8) is 0 Å². The lowest BCUT2D eigenvalue weighted by molar-refractivity contribution is -0.136. The molecule has 2 N–H and O–H groups in total. The highest BCUT2D eigenvalue weighted by molar-refractivity contribution is 5.85. The summed E-state index contributed by atoms with van der Waals surface area (Å²) in [5.74, 6) is 1.09. The Kier molecular flexibility index (Phi) is 8.73. The van der Waals surface area contributed by atoms with E-state index in [0.29, 0.717) is 12.5 Å². The number of hydrogen-bond donors (Lipinski definition) is 1. The molecule has 4 nitrogen and oxygen atoms in total. The maximum atomic E-state index is 12.6. The van der Waals surface area contributed by atoms with E-state index in [1.165, 1.54) is 12.8 Å². The standard InChI is InChI=1S/C17H32N2O2.ClH/c1-13-5-8-15(9-6-13)19(12-16-4-3-11-21-16)17(20)10-7-14(2)18;/h13-16H,3-12,18H2,1-2H3;1H. The number of hydrogen-bond acceptors (Lipinski definition) is 3. The van der Waals surface area contributed by atoms with E-state index >= 15 is 0 Å². The Labute approximate surface area is 141 Å².